The molecular weight excluding hydrogens is 428 g/mol. The molecule has 0 atom stereocenters. The van der Waals surface area contributed by atoms with Crippen molar-refractivity contribution in [3.8, 4) is 5.75 Å². The Labute approximate surface area is 150 Å². The number of carbonyl (C=O) groups excluding carboxylic acids is 2. The normalized spacial score (nSPS) is 13.7. The zero-order valence-corrected chi connectivity index (χ0v) is 15.2. The number of nitrogens with one attached hydrogen (secondary N) is 2. The molecule has 0 spiro atoms. The number of benzene rings is 2. The maximum Gasteiger partial charge on any atom is 0.276 e. The zero-order valence-electron chi connectivity index (χ0n) is 12.1. The first kappa shape index (κ1) is 16.3. The number of hydrogen-bond donors (Lipinski definition) is 2. The summed E-state index contributed by atoms with van der Waals surface area (Å²) in [7, 11) is 0. The summed E-state index contributed by atoms with van der Waals surface area (Å²) in [4.78, 5) is 23.1. The van der Waals surface area contributed by atoms with E-state index in [9.17, 15) is 9.59 Å². The van der Waals surface area contributed by atoms with Crippen LogP contribution in [0.2, 0.25) is 0 Å². The topological polar surface area (TPSA) is 67.4 Å². The minimum atomic E-state index is -0.401. The first-order valence-corrected chi connectivity index (χ1v) is 8.72. The van der Waals surface area contributed by atoms with Crippen LogP contribution in [0.4, 0.5) is 0 Å². The Kier molecular flexibility index (Phi) is 4.87. The van der Waals surface area contributed by atoms with E-state index < -0.39 is 5.91 Å². The zero-order chi connectivity index (χ0) is 16.4. The average Bonchev–Trinajstić information content (AvgIpc) is 3.36. The molecule has 3 rings (SSSR count). The molecule has 2 aromatic rings. The van der Waals surface area contributed by atoms with E-state index in [0.717, 1.165) is 32.6 Å². The molecule has 0 heterocycles. The lowest BCUT2D eigenvalue weighted by Gasteiger charge is -2.11. The van der Waals surface area contributed by atoms with Gasteiger partial charge in [0.15, 0.2) is 6.61 Å². The van der Waals surface area contributed by atoms with Gasteiger partial charge in [0, 0.05) is 10.4 Å². The number of rotatable bonds is 4. The van der Waals surface area contributed by atoms with Crippen LogP contribution in [-0.4, -0.2) is 18.4 Å². The fourth-order valence-electron chi connectivity index (χ4n) is 2.11. The summed E-state index contributed by atoms with van der Waals surface area (Å²) in [5, 5.41) is 2.05. The second kappa shape index (κ2) is 6.88. The fourth-order valence-corrected chi connectivity index (χ4v) is 3.10. The van der Waals surface area contributed by atoms with E-state index in [1.807, 2.05) is 24.3 Å². The van der Waals surface area contributed by atoms with Crippen molar-refractivity contribution in [2.75, 3.05) is 6.61 Å². The van der Waals surface area contributed by atoms with Crippen molar-refractivity contribution in [2.45, 2.75) is 12.8 Å². The van der Waals surface area contributed by atoms with Crippen molar-refractivity contribution in [2.24, 2.45) is 5.92 Å². The standard InChI is InChI=1S/C16H14Br2N2O3/c17-11-4-5-12-10(7-11)3-6-13(15(12)18)23-8-14(21)19-20-16(22)9-1-2-9/h3-7,9H,1-2,8H2,(H,19,21)(H,20,22). The second-order valence-corrected chi connectivity index (χ2v) is 7.05. The molecule has 7 heteroatoms. The first-order chi connectivity index (χ1) is 11.0. The highest BCUT2D eigenvalue weighted by Gasteiger charge is 2.29. The van der Waals surface area contributed by atoms with Crippen LogP contribution in [0.15, 0.2) is 39.3 Å². The SMILES string of the molecule is O=C(COc1ccc2cc(Br)ccc2c1Br)NNC(=O)C1CC1. The number of hydrazine groups is 1. The van der Waals surface area contributed by atoms with Gasteiger partial charge in [-0.1, -0.05) is 28.1 Å². The van der Waals surface area contributed by atoms with E-state index in [0.29, 0.717) is 5.75 Å². The van der Waals surface area contributed by atoms with E-state index in [4.69, 9.17) is 4.74 Å². The van der Waals surface area contributed by atoms with Crippen LogP contribution in [0.5, 0.6) is 5.75 Å². The largest absolute Gasteiger partial charge is 0.483 e. The number of fused-ring (bicyclic) bond motifs is 1. The minimum absolute atomic E-state index is 0.0465. The summed E-state index contributed by atoms with van der Waals surface area (Å²) in [5.74, 6) is 0.0753. The lowest BCUT2D eigenvalue weighted by Crippen LogP contribution is -2.44. The molecule has 2 amide bonds. The van der Waals surface area contributed by atoms with E-state index in [1.165, 1.54) is 0 Å². The highest BCUT2D eigenvalue weighted by atomic mass is 79.9. The number of amides is 2. The maximum absolute atomic E-state index is 11.7. The number of ether oxygens (including phenoxy) is 1. The van der Waals surface area contributed by atoms with Crippen molar-refractivity contribution in [1.29, 1.82) is 0 Å². The average molecular weight is 442 g/mol. The quantitative estimate of drug-likeness (QED) is 0.715. The first-order valence-electron chi connectivity index (χ1n) is 7.14. The Morgan fingerprint density at radius 1 is 1.13 bits per heavy atom. The Bertz CT molecular complexity index is 775. The maximum atomic E-state index is 11.7. The van der Waals surface area contributed by atoms with Gasteiger partial charge < -0.3 is 4.74 Å². The third kappa shape index (κ3) is 4.03. The van der Waals surface area contributed by atoms with Crippen LogP contribution in [0.1, 0.15) is 12.8 Å². The van der Waals surface area contributed by atoms with Crippen LogP contribution < -0.4 is 15.6 Å². The van der Waals surface area contributed by atoms with Crippen molar-refractivity contribution < 1.29 is 14.3 Å². The van der Waals surface area contributed by atoms with Gasteiger partial charge in [-0.2, -0.15) is 0 Å². The summed E-state index contributed by atoms with van der Waals surface area (Å²) in [6, 6.07) is 9.63. The molecule has 0 aromatic heterocycles. The van der Waals surface area contributed by atoms with Crippen LogP contribution in [-0.2, 0) is 9.59 Å². The molecule has 1 saturated carbocycles. The van der Waals surface area contributed by atoms with Gasteiger partial charge in [-0.05, 0) is 57.7 Å². The molecule has 1 aliphatic rings. The Morgan fingerprint density at radius 2 is 1.91 bits per heavy atom. The molecule has 2 N–H and O–H groups in total. The highest BCUT2D eigenvalue weighted by molar-refractivity contribution is 9.11. The van der Waals surface area contributed by atoms with Gasteiger partial charge in [0.25, 0.3) is 5.91 Å². The van der Waals surface area contributed by atoms with Crippen LogP contribution in [0.3, 0.4) is 0 Å². The summed E-state index contributed by atoms with van der Waals surface area (Å²) in [6.45, 7) is -0.175. The molecular formula is C16H14Br2N2O3. The van der Waals surface area contributed by atoms with E-state index in [1.54, 1.807) is 6.07 Å². The highest BCUT2D eigenvalue weighted by Crippen LogP contribution is 2.34. The molecule has 2 aromatic carbocycles. The Balaban J connectivity index is 1.60. The van der Waals surface area contributed by atoms with Crippen LogP contribution >= 0.6 is 31.9 Å². The van der Waals surface area contributed by atoms with Crippen molar-refractivity contribution >= 4 is 54.4 Å². The van der Waals surface area contributed by atoms with E-state index in [2.05, 4.69) is 42.7 Å². The lowest BCUT2D eigenvalue weighted by atomic mass is 10.1. The van der Waals surface area contributed by atoms with Gasteiger partial charge in [0.05, 0.1) is 4.47 Å². The van der Waals surface area contributed by atoms with Crippen molar-refractivity contribution in [1.82, 2.24) is 10.9 Å². The summed E-state index contributed by atoms with van der Waals surface area (Å²) in [5.41, 5.74) is 4.75. The van der Waals surface area contributed by atoms with Gasteiger partial charge in [-0.25, -0.2) is 0 Å². The molecule has 0 aliphatic heterocycles. The number of halogens is 2. The van der Waals surface area contributed by atoms with E-state index in [-0.39, 0.29) is 18.4 Å². The number of carbonyl (C=O) groups is 2. The van der Waals surface area contributed by atoms with Gasteiger partial charge in [0.2, 0.25) is 5.91 Å². The molecule has 23 heavy (non-hydrogen) atoms. The molecule has 0 unspecified atom stereocenters. The van der Waals surface area contributed by atoms with Gasteiger partial charge >= 0.3 is 0 Å². The molecule has 0 bridgehead atoms. The monoisotopic (exact) mass is 440 g/mol. The second-order valence-electron chi connectivity index (χ2n) is 5.34. The molecule has 0 saturated heterocycles. The lowest BCUT2D eigenvalue weighted by molar-refractivity contribution is -0.130. The predicted octanol–water partition coefficient (Wildman–Crippen LogP) is 3.30. The Hall–Kier alpha value is -1.60. The Morgan fingerprint density at radius 3 is 2.65 bits per heavy atom. The smallest absolute Gasteiger partial charge is 0.276 e. The third-order valence-electron chi connectivity index (χ3n) is 3.51. The molecule has 1 fully saturated rings. The summed E-state index contributed by atoms with van der Waals surface area (Å²) in [6.07, 6.45) is 1.77. The summed E-state index contributed by atoms with van der Waals surface area (Å²) < 4.78 is 7.31. The van der Waals surface area contributed by atoms with Gasteiger partial charge in [0.1, 0.15) is 5.75 Å². The molecule has 120 valence electrons. The number of hydrogen-bond acceptors (Lipinski definition) is 3. The minimum Gasteiger partial charge on any atom is -0.483 e. The fraction of sp³-hybridized carbons (Fsp3) is 0.250. The van der Waals surface area contributed by atoms with Crippen LogP contribution in [0, 0.1) is 5.92 Å². The third-order valence-corrected chi connectivity index (χ3v) is 4.82. The van der Waals surface area contributed by atoms with E-state index >= 15 is 0 Å². The predicted molar refractivity (Wildman–Crippen MR) is 93.9 cm³/mol. The van der Waals surface area contributed by atoms with Crippen LogP contribution in [0.25, 0.3) is 10.8 Å². The molecule has 5 nitrogen and oxygen atoms in total. The van der Waals surface area contributed by atoms with Gasteiger partial charge in [-0.3, -0.25) is 20.4 Å². The van der Waals surface area contributed by atoms with Crippen molar-refractivity contribution in [3.63, 3.8) is 0 Å². The van der Waals surface area contributed by atoms with Crippen molar-refractivity contribution in [3.05, 3.63) is 39.3 Å². The van der Waals surface area contributed by atoms with Gasteiger partial charge in [-0.15, -0.1) is 0 Å². The summed E-state index contributed by atoms with van der Waals surface area (Å²) >= 11 is 6.94. The molecule has 0 radical (unpaired) electrons. The molecule has 1 aliphatic carbocycles.